The lowest BCUT2D eigenvalue weighted by Gasteiger charge is -2.35. The number of hydrogen-bond donors (Lipinski definition) is 2. The first-order valence-electron chi connectivity index (χ1n) is 11.9. The van der Waals surface area contributed by atoms with Crippen molar-refractivity contribution in [3.63, 3.8) is 0 Å². The highest BCUT2D eigenvalue weighted by Gasteiger charge is 2.20. The number of ether oxygens (including phenoxy) is 1. The molecule has 1 aliphatic rings. The third-order valence-electron chi connectivity index (χ3n) is 6.17. The first-order valence-corrected chi connectivity index (χ1v) is 11.9. The van der Waals surface area contributed by atoms with Crippen LogP contribution in [0.25, 0.3) is 0 Å². The molecule has 8 nitrogen and oxygen atoms in total. The van der Waals surface area contributed by atoms with Crippen molar-refractivity contribution in [2.24, 2.45) is 0 Å². The number of hydrogen-bond acceptors (Lipinski definition) is 6. The normalized spacial score (nSPS) is 13.7. The fourth-order valence-electron chi connectivity index (χ4n) is 4.13. The van der Waals surface area contributed by atoms with Gasteiger partial charge in [0.05, 0.1) is 24.9 Å². The summed E-state index contributed by atoms with van der Waals surface area (Å²) in [6.45, 7) is 4.85. The maximum absolute atomic E-state index is 12.9. The summed E-state index contributed by atoms with van der Waals surface area (Å²) >= 11 is 0. The van der Waals surface area contributed by atoms with Crippen LogP contribution in [0.2, 0.25) is 0 Å². The van der Waals surface area contributed by atoms with Gasteiger partial charge in [-0.3, -0.25) is 19.3 Å². The third kappa shape index (κ3) is 6.28. The largest absolute Gasteiger partial charge is 0.497 e. The number of piperazine rings is 1. The van der Waals surface area contributed by atoms with E-state index in [4.69, 9.17) is 4.74 Å². The van der Waals surface area contributed by atoms with E-state index in [0.717, 1.165) is 31.9 Å². The van der Waals surface area contributed by atoms with Gasteiger partial charge in [-0.2, -0.15) is 0 Å². The highest BCUT2D eigenvalue weighted by molar-refractivity contribution is 6.10. The van der Waals surface area contributed by atoms with Crippen molar-refractivity contribution in [1.29, 1.82) is 0 Å². The van der Waals surface area contributed by atoms with Gasteiger partial charge in [0.2, 0.25) is 5.91 Å². The van der Waals surface area contributed by atoms with Crippen LogP contribution in [0, 0.1) is 0 Å². The van der Waals surface area contributed by atoms with Gasteiger partial charge in [0, 0.05) is 43.1 Å². The van der Waals surface area contributed by atoms with E-state index in [-0.39, 0.29) is 24.1 Å². The van der Waals surface area contributed by atoms with Crippen LogP contribution in [0.4, 0.5) is 17.1 Å². The van der Waals surface area contributed by atoms with E-state index < -0.39 is 0 Å². The summed E-state index contributed by atoms with van der Waals surface area (Å²) in [4.78, 5) is 41.5. The Morgan fingerprint density at radius 1 is 0.833 bits per heavy atom. The average Bonchev–Trinajstić information content (AvgIpc) is 2.90. The SMILES string of the molecule is COc1ccc(NC(=O)c2ccccc2NC(=O)CN2CCN(c3ccc(C(C)=O)cc3)CC2)cc1. The van der Waals surface area contributed by atoms with Gasteiger partial charge in [-0.1, -0.05) is 12.1 Å². The second-order valence-corrected chi connectivity index (χ2v) is 8.64. The fourth-order valence-corrected chi connectivity index (χ4v) is 4.13. The zero-order valence-electron chi connectivity index (χ0n) is 20.5. The lowest BCUT2D eigenvalue weighted by Crippen LogP contribution is -2.48. The molecule has 36 heavy (non-hydrogen) atoms. The van der Waals surface area contributed by atoms with Crippen molar-refractivity contribution in [2.75, 3.05) is 55.4 Å². The quantitative estimate of drug-likeness (QED) is 0.469. The molecular weight excluding hydrogens is 456 g/mol. The Balaban J connectivity index is 1.31. The van der Waals surface area contributed by atoms with E-state index in [1.165, 1.54) is 0 Å². The summed E-state index contributed by atoms with van der Waals surface area (Å²) in [5.74, 6) is 0.281. The molecule has 0 atom stereocenters. The molecule has 3 aromatic carbocycles. The molecule has 0 spiro atoms. The number of nitrogens with one attached hydrogen (secondary N) is 2. The first kappa shape index (κ1) is 24.9. The Bertz CT molecular complexity index is 1220. The van der Waals surface area contributed by atoms with Crippen LogP contribution in [-0.2, 0) is 4.79 Å². The number of benzene rings is 3. The van der Waals surface area contributed by atoms with Gasteiger partial charge in [0.15, 0.2) is 5.78 Å². The second-order valence-electron chi connectivity index (χ2n) is 8.64. The maximum atomic E-state index is 12.9. The Morgan fingerprint density at radius 3 is 2.14 bits per heavy atom. The van der Waals surface area contributed by atoms with Gasteiger partial charge in [-0.05, 0) is 67.6 Å². The lowest BCUT2D eigenvalue weighted by molar-refractivity contribution is -0.117. The molecular formula is C28H30N4O4. The van der Waals surface area contributed by atoms with E-state index in [9.17, 15) is 14.4 Å². The smallest absolute Gasteiger partial charge is 0.257 e. The molecule has 1 saturated heterocycles. The third-order valence-corrected chi connectivity index (χ3v) is 6.17. The van der Waals surface area contributed by atoms with Crippen LogP contribution < -0.4 is 20.3 Å². The Morgan fingerprint density at radius 2 is 1.50 bits per heavy atom. The van der Waals surface area contributed by atoms with Crippen LogP contribution >= 0.6 is 0 Å². The van der Waals surface area contributed by atoms with E-state index in [1.807, 2.05) is 24.3 Å². The van der Waals surface area contributed by atoms with Crippen molar-refractivity contribution in [3.8, 4) is 5.75 Å². The van der Waals surface area contributed by atoms with Crippen molar-refractivity contribution >= 4 is 34.7 Å². The van der Waals surface area contributed by atoms with Crippen LogP contribution in [0.15, 0.2) is 72.8 Å². The van der Waals surface area contributed by atoms with Crippen LogP contribution in [0.3, 0.4) is 0 Å². The monoisotopic (exact) mass is 486 g/mol. The molecule has 0 aromatic heterocycles. The number of methoxy groups -OCH3 is 1. The number of anilines is 3. The molecule has 0 aliphatic carbocycles. The molecule has 0 saturated carbocycles. The van der Waals surface area contributed by atoms with Crippen molar-refractivity contribution in [3.05, 3.63) is 83.9 Å². The number of amides is 2. The highest BCUT2D eigenvalue weighted by atomic mass is 16.5. The lowest BCUT2D eigenvalue weighted by atomic mass is 10.1. The van der Waals surface area contributed by atoms with Gasteiger partial charge < -0.3 is 20.3 Å². The summed E-state index contributed by atoms with van der Waals surface area (Å²) in [6, 6.07) is 21.6. The van der Waals surface area contributed by atoms with Crippen molar-refractivity contribution in [2.45, 2.75) is 6.92 Å². The Kier molecular flexibility index (Phi) is 7.97. The molecule has 1 fully saturated rings. The molecule has 1 heterocycles. The second kappa shape index (κ2) is 11.5. The minimum absolute atomic E-state index is 0.0529. The van der Waals surface area contributed by atoms with Gasteiger partial charge in [-0.25, -0.2) is 0 Å². The summed E-state index contributed by atoms with van der Waals surface area (Å²) in [7, 11) is 1.58. The van der Waals surface area contributed by atoms with Crippen molar-refractivity contribution in [1.82, 2.24) is 4.90 Å². The number of carbonyl (C=O) groups excluding carboxylic acids is 3. The van der Waals surface area contributed by atoms with E-state index in [2.05, 4.69) is 20.4 Å². The average molecular weight is 487 g/mol. The molecule has 186 valence electrons. The van der Waals surface area contributed by atoms with Gasteiger partial charge in [0.1, 0.15) is 5.75 Å². The fraction of sp³-hybridized carbons (Fsp3) is 0.250. The molecule has 0 unspecified atom stereocenters. The van der Waals surface area contributed by atoms with Crippen molar-refractivity contribution < 1.29 is 19.1 Å². The standard InChI is InChI=1S/C28H30N4O4/c1-20(33)21-7-11-23(12-8-21)32-17-15-31(16-18-32)19-27(34)30-26-6-4-3-5-25(26)28(35)29-22-9-13-24(36-2)14-10-22/h3-14H,15-19H2,1-2H3,(H,29,35)(H,30,34). The number of rotatable bonds is 8. The molecule has 0 radical (unpaired) electrons. The van der Waals surface area contributed by atoms with E-state index in [0.29, 0.717) is 28.3 Å². The summed E-state index contributed by atoms with van der Waals surface area (Å²) in [6.07, 6.45) is 0. The molecule has 3 aromatic rings. The zero-order valence-corrected chi connectivity index (χ0v) is 20.5. The van der Waals surface area contributed by atoms with Crippen LogP contribution in [-0.4, -0.2) is 62.3 Å². The molecule has 8 heteroatoms. The Hall–Kier alpha value is -4.17. The molecule has 4 rings (SSSR count). The highest BCUT2D eigenvalue weighted by Crippen LogP contribution is 2.20. The van der Waals surface area contributed by atoms with E-state index >= 15 is 0 Å². The first-order chi connectivity index (χ1) is 17.4. The molecule has 2 amide bonds. The van der Waals surface area contributed by atoms with Crippen LogP contribution in [0.5, 0.6) is 5.75 Å². The Labute approximate surface area is 210 Å². The summed E-state index contributed by atoms with van der Waals surface area (Å²) in [5.41, 5.74) is 3.27. The van der Waals surface area contributed by atoms with Gasteiger partial charge >= 0.3 is 0 Å². The molecule has 1 aliphatic heterocycles. The minimum Gasteiger partial charge on any atom is -0.497 e. The van der Waals surface area contributed by atoms with Gasteiger partial charge in [-0.15, -0.1) is 0 Å². The maximum Gasteiger partial charge on any atom is 0.257 e. The zero-order chi connectivity index (χ0) is 25.5. The minimum atomic E-state index is -0.305. The summed E-state index contributed by atoms with van der Waals surface area (Å²) in [5, 5.41) is 5.75. The predicted octanol–water partition coefficient (Wildman–Crippen LogP) is 3.91. The topological polar surface area (TPSA) is 91.0 Å². The number of nitrogens with zero attached hydrogens (tertiary/aromatic N) is 2. The number of para-hydroxylation sites is 1. The number of Topliss-reactive ketones (excluding diaryl/α,β-unsaturated/α-hetero) is 1. The molecule has 2 N–H and O–H groups in total. The number of ketones is 1. The summed E-state index contributed by atoms with van der Waals surface area (Å²) < 4.78 is 5.15. The predicted molar refractivity (Wildman–Crippen MR) is 141 cm³/mol. The van der Waals surface area contributed by atoms with Crippen LogP contribution in [0.1, 0.15) is 27.6 Å². The molecule has 0 bridgehead atoms. The van der Waals surface area contributed by atoms with Gasteiger partial charge in [0.25, 0.3) is 5.91 Å². The number of carbonyl (C=O) groups is 3. The van der Waals surface area contributed by atoms with E-state index in [1.54, 1.807) is 62.6 Å².